The molecule has 0 saturated heterocycles. The third kappa shape index (κ3) is 2.95. The highest BCUT2D eigenvalue weighted by molar-refractivity contribution is 9.09. The number of rotatable bonds is 3. The molecule has 2 atom stereocenters. The second-order valence-corrected chi connectivity index (χ2v) is 5.37. The van der Waals surface area contributed by atoms with Gasteiger partial charge in [0.2, 0.25) is 0 Å². The van der Waals surface area contributed by atoms with Crippen molar-refractivity contribution in [2.45, 2.75) is 24.6 Å². The summed E-state index contributed by atoms with van der Waals surface area (Å²) in [6, 6.07) is 12.8. The number of aromatic nitrogens is 1. The van der Waals surface area contributed by atoms with Crippen LogP contribution in [0.5, 0.6) is 0 Å². The van der Waals surface area contributed by atoms with E-state index < -0.39 is 0 Å². The van der Waals surface area contributed by atoms with Crippen LogP contribution in [0.4, 0.5) is 0 Å². The summed E-state index contributed by atoms with van der Waals surface area (Å²) in [4.78, 5) is 4.39. The van der Waals surface area contributed by atoms with E-state index in [0.29, 0.717) is 10.7 Å². The quantitative estimate of drug-likeness (QED) is 0.751. The van der Waals surface area contributed by atoms with Gasteiger partial charge >= 0.3 is 0 Å². The second kappa shape index (κ2) is 5.46. The Morgan fingerprint density at radius 2 is 1.53 bits per heavy atom. The topological polar surface area (TPSA) is 12.9 Å². The van der Waals surface area contributed by atoms with Crippen molar-refractivity contribution in [3.63, 3.8) is 0 Å². The maximum Gasteiger partial charge on any atom is 0.0461 e. The van der Waals surface area contributed by atoms with Gasteiger partial charge in [0, 0.05) is 17.2 Å². The molecule has 0 aliphatic heterocycles. The molecule has 0 saturated carbocycles. The summed E-state index contributed by atoms with van der Waals surface area (Å²) in [6.45, 7) is 4.34. The standard InChI is InChI=1S/C15H16BrN/c1-11-3-5-14(6-4-11)15(16)12(2)13-7-9-17-10-8-13/h3-10,12,15H,1-2H3. The van der Waals surface area contributed by atoms with Gasteiger partial charge in [0.1, 0.15) is 0 Å². The lowest BCUT2D eigenvalue weighted by atomic mass is 9.94. The molecular weight excluding hydrogens is 274 g/mol. The third-order valence-corrected chi connectivity index (χ3v) is 4.39. The van der Waals surface area contributed by atoms with Crippen LogP contribution in [0.1, 0.15) is 34.4 Å². The molecule has 17 heavy (non-hydrogen) atoms. The highest BCUT2D eigenvalue weighted by Gasteiger charge is 2.17. The van der Waals surface area contributed by atoms with E-state index in [-0.39, 0.29) is 0 Å². The number of pyridine rings is 1. The fourth-order valence-corrected chi connectivity index (χ4v) is 2.49. The Morgan fingerprint density at radius 1 is 0.941 bits per heavy atom. The highest BCUT2D eigenvalue weighted by atomic mass is 79.9. The number of hydrogen-bond acceptors (Lipinski definition) is 1. The zero-order valence-corrected chi connectivity index (χ0v) is 11.7. The van der Waals surface area contributed by atoms with Crippen LogP contribution in [0.15, 0.2) is 48.8 Å². The zero-order chi connectivity index (χ0) is 12.3. The largest absolute Gasteiger partial charge is 0.265 e. The van der Waals surface area contributed by atoms with Crippen LogP contribution < -0.4 is 0 Å². The lowest BCUT2D eigenvalue weighted by Gasteiger charge is -2.19. The maximum atomic E-state index is 4.06. The van der Waals surface area contributed by atoms with Crippen molar-refractivity contribution in [2.24, 2.45) is 0 Å². The minimum atomic E-state index is 0.338. The van der Waals surface area contributed by atoms with Crippen LogP contribution >= 0.6 is 15.9 Å². The fourth-order valence-electron chi connectivity index (χ4n) is 1.87. The molecule has 0 spiro atoms. The predicted molar refractivity (Wildman–Crippen MR) is 75.5 cm³/mol. The summed E-state index contributed by atoms with van der Waals surface area (Å²) in [5.74, 6) is 0.431. The smallest absolute Gasteiger partial charge is 0.0461 e. The number of aryl methyl sites for hydroxylation is 1. The molecule has 0 N–H and O–H groups in total. The van der Waals surface area contributed by atoms with Gasteiger partial charge in [-0.1, -0.05) is 52.7 Å². The van der Waals surface area contributed by atoms with E-state index >= 15 is 0 Å². The van der Waals surface area contributed by atoms with E-state index in [0.717, 1.165) is 0 Å². The lowest BCUT2D eigenvalue weighted by Crippen LogP contribution is -2.02. The molecule has 0 aliphatic carbocycles. The number of alkyl halides is 1. The molecule has 0 bridgehead atoms. The van der Waals surface area contributed by atoms with Crippen LogP contribution in [0.2, 0.25) is 0 Å². The summed E-state index contributed by atoms with van der Waals surface area (Å²) >= 11 is 3.79. The first kappa shape index (κ1) is 12.3. The van der Waals surface area contributed by atoms with E-state index in [2.05, 4.69) is 71.2 Å². The van der Waals surface area contributed by atoms with E-state index in [9.17, 15) is 0 Å². The molecule has 0 fully saturated rings. The van der Waals surface area contributed by atoms with Gasteiger partial charge in [-0.15, -0.1) is 0 Å². The Morgan fingerprint density at radius 3 is 2.12 bits per heavy atom. The molecular formula is C15H16BrN. The molecule has 88 valence electrons. The SMILES string of the molecule is Cc1ccc(C(Br)C(C)c2ccncc2)cc1. The Hall–Kier alpha value is -1.15. The summed E-state index contributed by atoms with van der Waals surface area (Å²) in [5, 5.41) is 0. The first-order valence-electron chi connectivity index (χ1n) is 5.79. The average molecular weight is 290 g/mol. The molecule has 0 amide bonds. The van der Waals surface area contributed by atoms with Gasteiger partial charge in [0.25, 0.3) is 0 Å². The highest BCUT2D eigenvalue weighted by Crippen LogP contribution is 2.37. The summed E-state index contributed by atoms with van der Waals surface area (Å²) in [7, 11) is 0. The van der Waals surface area contributed by atoms with Crippen molar-refractivity contribution in [1.29, 1.82) is 0 Å². The van der Waals surface area contributed by atoms with Gasteiger partial charge in [-0.25, -0.2) is 0 Å². The molecule has 2 unspecified atom stereocenters. The number of hydrogen-bond donors (Lipinski definition) is 0. The van der Waals surface area contributed by atoms with Crippen molar-refractivity contribution in [3.05, 3.63) is 65.5 Å². The Bertz CT molecular complexity index is 464. The van der Waals surface area contributed by atoms with E-state index in [1.165, 1.54) is 16.7 Å². The van der Waals surface area contributed by atoms with Crippen LogP contribution in [-0.4, -0.2) is 4.98 Å². The normalized spacial score (nSPS) is 14.3. The Labute approximate surface area is 111 Å². The van der Waals surface area contributed by atoms with Crippen LogP contribution in [-0.2, 0) is 0 Å². The van der Waals surface area contributed by atoms with Gasteiger partial charge < -0.3 is 0 Å². The summed E-state index contributed by atoms with van der Waals surface area (Å²) in [5.41, 5.74) is 3.92. The van der Waals surface area contributed by atoms with E-state index in [1.807, 2.05) is 12.4 Å². The predicted octanol–water partition coefficient (Wildman–Crippen LogP) is 4.63. The molecule has 2 aromatic rings. The molecule has 0 aliphatic rings. The number of benzene rings is 1. The minimum absolute atomic E-state index is 0.338. The number of halogens is 1. The fraction of sp³-hybridized carbons (Fsp3) is 0.267. The summed E-state index contributed by atoms with van der Waals surface area (Å²) < 4.78 is 0. The summed E-state index contributed by atoms with van der Waals surface area (Å²) in [6.07, 6.45) is 3.70. The average Bonchev–Trinajstić information content (AvgIpc) is 2.39. The molecule has 1 aromatic carbocycles. The molecule has 1 heterocycles. The van der Waals surface area contributed by atoms with Crippen LogP contribution in [0.3, 0.4) is 0 Å². The van der Waals surface area contributed by atoms with Crippen molar-refractivity contribution < 1.29 is 0 Å². The van der Waals surface area contributed by atoms with Gasteiger partial charge in [0.05, 0.1) is 0 Å². The van der Waals surface area contributed by atoms with Gasteiger partial charge in [-0.05, 0) is 36.1 Å². The van der Waals surface area contributed by atoms with E-state index in [1.54, 1.807) is 0 Å². The zero-order valence-electron chi connectivity index (χ0n) is 10.1. The van der Waals surface area contributed by atoms with Gasteiger partial charge in [-0.3, -0.25) is 4.98 Å². The second-order valence-electron chi connectivity index (χ2n) is 4.38. The van der Waals surface area contributed by atoms with Gasteiger partial charge in [0.15, 0.2) is 0 Å². The third-order valence-electron chi connectivity index (χ3n) is 3.07. The first-order chi connectivity index (χ1) is 8.18. The number of nitrogens with zero attached hydrogens (tertiary/aromatic N) is 1. The van der Waals surface area contributed by atoms with Crippen LogP contribution in [0, 0.1) is 6.92 Å². The monoisotopic (exact) mass is 289 g/mol. The minimum Gasteiger partial charge on any atom is -0.265 e. The molecule has 2 heteroatoms. The molecule has 0 radical (unpaired) electrons. The molecule has 1 aromatic heterocycles. The molecule has 1 nitrogen and oxygen atoms in total. The van der Waals surface area contributed by atoms with Crippen molar-refractivity contribution >= 4 is 15.9 Å². The van der Waals surface area contributed by atoms with Crippen molar-refractivity contribution in [3.8, 4) is 0 Å². The first-order valence-corrected chi connectivity index (χ1v) is 6.70. The van der Waals surface area contributed by atoms with Crippen molar-refractivity contribution in [2.75, 3.05) is 0 Å². The van der Waals surface area contributed by atoms with E-state index in [4.69, 9.17) is 0 Å². The molecule has 2 rings (SSSR count). The van der Waals surface area contributed by atoms with Crippen molar-refractivity contribution in [1.82, 2.24) is 4.98 Å². The maximum absolute atomic E-state index is 4.06. The van der Waals surface area contributed by atoms with Crippen LogP contribution in [0.25, 0.3) is 0 Å². The van der Waals surface area contributed by atoms with Gasteiger partial charge in [-0.2, -0.15) is 0 Å². The Kier molecular flexibility index (Phi) is 3.95. The lowest BCUT2D eigenvalue weighted by molar-refractivity contribution is 0.750. The Balaban J connectivity index is 2.20.